The first-order valence-electron chi connectivity index (χ1n) is 7.93. The van der Waals surface area contributed by atoms with Crippen molar-refractivity contribution in [3.8, 4) is 6.07 Å². The summed E-state index contributed by atoms with van der Waals surface area (Å²) >= 11 is 0. The highest BCUT2D eigenvalue weighted by Crippen LogP contribution is 2.12. The summed E-state index contributed by atoms with van der Waals surface area (Å²) in [5, 5.41) is 8.90. The summed E-state index contributed by atoms with van der Waals surface area (Å²) in [6.45, 7) is 7.18. The molecule has 0 aliphatic carbocycles. The Hall–Kier alpha value is -2.20. The second-order valence-corrected chi connectivity index (χ2v) is 6.01. The molecule has 2 heterocycles. The van der Waals surface area contributed by atoms with Crippen LogP contribution in [0.2, 0.25) is 0 Å². The molecule has 0 aromatic carbocycles. The van der Waals surface area contributed by atoms with E-state index in [-0.39, 0.29) is 17.9 Å². The predicted octanol–water partition coefficient (Wildman–Crippen LogP) is 0.605. The Kier molecular flexibility index (Phi) is 5.88. The van der Waals surface area contributed by atoms with Crippen molar-refractivity contribution >= 4 is 11.9 Å². The van der Waals surface area contributed by atoms with Gasteiger partial charge in [-0.3, -0.25) is 9.69 Å². The van der Waals surface area contributed by atoms with Crippen molar-refractivity contribution in [3.05, 3.63) is 18.5 Å². The third-order valence-electron chi connectivity index (χ3n) is 4.23. The Morgan fingerprint density at radius 1 is 1.30 bits per heavy atom. The first kappa shape index (κ1) is 17.2. The van der Waals surface area contributed by atoms with Gasteiger partial charge in [-0.2, -0.15) is 5.26 Å². The Morgan fingerprint density at radius 3 is 2.48 bits per heavy atom. The van der Waals surface area contributed by atoms with Crippen LogP contribution in [0.25, 0.3) is 0 Å². The van der Waals surface area contributed by atoms with Crippen LogP contribution in [0.15, 0.2) is 18.5 Å². The Balaban J connectivity index is 1.87. The molecule has 1 fully saturated rings. The van der Waals surface area contributed by atoms with E-state index >= 15 is 0 Å². The number of amides is 1. The molecular weight excluding hydrogens is 292 g/mol. The van der Waals surface area contributed by atoms with Crippen molar-refractivity contribution in [2.24, 2.45) is 5.92 Å². The zero-order valence-electron chi connectivity index (χ0n) is 14.0. The van der Waals surface area contributed by atoms with Gasteiger partial charge in [-0.25, -0.2) is 9.97 Å². The summed E-state index contributed by atoms with van der Waals surface area (Å²) in [6, 6.07) is 3.78. The Labute approximate surface area is 137 Å². The van der Waals surface area contributed by atoms with Crippen LogP contribution in [-0.4, -0.2) is 71.5 Å². The van der Waals surface area contributed by atoms with Crippen molar-refractivity contribution < 1.29 is 4.79 Å². The zero-order chi connectivity index (χ0) is 16.8. The minimum absolute atomic E-state index is 0.0812. The van der Waals surface area contributed by atoms with Gasteiger partial charge >= 0.3 is 0 Å². The van der Waals surface area contributed by atoms with Gasteiger partial charge in [0.1, 0.15) is 0 Å². The van der Waals surface area contributed by atoms with Crippen molar-refractivity contribution in [1.82, 2.24) is 19.8 Å². The van der Waals surface area contributed by atoms with Gasteiger partial charge in [0.15, 0.2) is 0 Å². The maximum absolute atomic E-state index is 12.6. The third kappa shape index (κ3) is 4.39. The maximum Gasteiger partial charge on any atom is 0.239 e. The quantitative estimate of drug-likeness (QED) is 0.792. The van der Waals surface area contributed by atoms with Crippen LogP contribution in [0.3, 0.4) is 0 Å². The van der Waals surface area contributed by atoms with Gasteiger partial charge < -0.3 is 9.80 Å². The van der Waals surface area contributed by atoms with Gasteiger partial charge in [0.05, 0.1) is 18.0 Å². The molecule has 0 radical (unpaired) electrons. The highest BCUT2D eigenvalue weighted by atomic mass is 16.2. The van der Waals surface area contributed by atoms with E-state index in [0.29, 0.717) is 25.6 Å². The van der Waals surface area contributed by atoms with E-state index in [4.69, 9.17) is 5.26 Å². The molecule has 1 aliphatic rings. The molecule has 1 amide bonds. The van der Waals surface area contributed by atoms with Gasteiger partial charge in [0.2, 0.25) is 11.9 Å². The van der Waals surface area contributed by atoms with E-state index in [1.807, 2.05) is 30.7 Å². The highest BCUT2D eigenvalue weighted by Gasteiger charge is 2.28. The lowest BCUT2D eigenvalue weighted by Gasteiger charge is -2.37. The van der Waals surface area contributed by atoms with Crippen molar-refractivity contribution in [2.45, 2.75) is 19.9 Å². The maximum atomic E-state index is 12.6. The molecule has 2 atom stereocenters. The van der Waals surface area contributed by atoms with Crippen LogP contribution < -0.4 is 4.90 Å². The number of aromatic nitrogens is 2. The fraction of sp³-hybridized carbons (Fsp3) is 0.625. The molecule has 0 saturated carbocycles. The molecule has 1 aliphatic heterocycles. The van der Waals surface area contributed by atoms with Crippen LogP contribution in [0.4, 0.5) is 5.95 Å². The number of nitrogens with zero attached hydrogens (tertiary/aromatic N) is 6. The number of carbonyl (C=O) groups is 1. The van der Waals surface area contributed by atoms with Gasteiger partial charge in [-0.05, 0) is 27.0 Å². The summed E-state index contributed by atoms with van der Waals surface area (Å²) in [7, 11) is 1.89. The number of nitriles is 1. The SMILES string of the molecule is C[C@H](C(=O)N1CCN(c2ncccn2)CC1)N(C)C[C@@H](C)C#N. The average Bonchev–Trinajstić information content (AvgIpc) is 2.61. The van der Waals surface area contributed by atoms with Crippen LogP contribution >= 0.6 is 0 Å². The number of rotatable bonds is 5. The fourth-order valence-electron chi connectivity index (χ4n) is 2.67. The number of anilines is 1. The Morgan fingerprint density at radius 2 is 1.91 bits per heavy atom. The number of hydrogen-bond donors (Lipinski definition) is 0. The van der Waals surface area contributed by atoms with Gasteiger partial charge in [0.25, 0.3) is 0 Å². The number of piperazine rings is 1. The Bertz CT molecular complexity index is 549. The monoisotopic (exact) mass is 316 g/mol. The summed E-state index contributed by atoms with van der Waals surface area (Å²) in [6.07, 6.45) is 3.46. The molecular formula is C16H24N6O. The van der Waals surface area contributed by atoms with E-state index in [1.54, 1.807) is 18.5 Å². The number of hydrogen-bond acceptors (Lipinski definition) is 6. The standard InChI is InChI=1S/C16H24N6O/c1-13(11-17)12-20(3)14(2)15(23)21-7-9-22(10-8-21)16-18-5-4-6-19-16/h4-6,13-14H,7-10,12H2,1-3H3/t13-,14+/m0/s1. The lowest BCUT2D eigenvalue weighted by atomic mass is 10.1. The summed E-state index contributed by atoms with van der Waals surface area (Å²) in [5.41, 5.74) is 0. The molecule has 23 heavy (non-hydrogen) atoms. The predicted molar refractivity (Wildman–Crippen MR) is 87.7 cm³/mol. The first-order valence-corrected chi connectivity index (χ1v) is 7.93. The van der Waals surface area contributed by atoms with Gasteiger partial charge in [-0.1, -0.05) is 0 Å². The molecule has 2 rings (SSSR count). The van der Waals surface area contributed by atoms with Crippen molar-refractivity contribution in [3.63, 3.8) is 0 Å². The van der Waals surface area contributed by atoms with Gasteiger partial charge in [-0.15, -0.1) is 0 Å². The summed E-state index contributed by atoms with van der Waals surface area (Å²) in [4.78, 5) is 27.0. The van der Waals surface area contributed by atoms with E-state index in [2.05, 4.69) is 20.9 Å². The molecule has 1 saturated heterocycles. The topological polar surface area (TPSA) is 76.4 Å². The zero-order valence-corrected chi connectivity index (χ0v) is 14.0. The van der Waals surface area contributed by atoms with E-state index in [0.717, 1.165) is 13.1 Å². The first-order chi connectivity index (χ1) is 11.0. The largest absolute Gasteiger partial charge is 0.338 e. The fourth-order valence-corrected chi connectivity index (χ4v) is 2.67. The summed E-state index contributed by atoms with van der Waals surface area (Å²) < 4.78 is 0. The molecule has 0 bridgehead atoms. The van der Waals surface area contributed by atoms with E-state index < -0.39 is 0 Å². The minimum Gasteiger partial charge on any atom is -0.338 e. The van der Waals surface area contributed by atoms with E-state index in [9.17, 15) is 4.79 Å². The molecule has 0 N–H and O–H groups in total. The number of likely N-dealkylation sites (N-methyl/N-ethyl adjacent to an activating group) is 1. The van der Waals surface area contributed by atoms with Crippen LogP contribution in [0.1, 0.15) is 13.8 Å². The lowest BCUT2D eigenvalue weighted by molar-refractivity contribution is -0.136. The lowest BCUT2D eigenvalue weighted by Crippen LogP contribution is -2.54. The normalized spacial score (nSPS) is 17.7. The molecule has 1 aromatic rings. The smallest absolute Gasteiger partial charge is 0.239 e. The highest BCUT2D eigenvalue weighted by molar-refractivity contribution is 5.81. The molecule has 7 heteroatoms. The molecule has 124 valence electrons. The van der Waals surface area contributed by atoms with Crippen molar-refractivity contribution in [1.29, 1.82) is 5.26 Å². The molecule has 7 nitrogen and oxygen atoms in total. The molecule has 0 unspecified atom stereocenters. The van der Waals surface area contributed by atoms with Crippen LogP contribution in [0.5, 0.6) is 0 Å². The number of carbonyl (C=O) groups excluding carboxylic acids is 1. The third-order valence-corrected chi connectivity index (χ3v) is 4.23. The van der Waals surface area contributed by atoms with E-state index in [1.165, 1.54) is 0 Å². The molecule has 0 spiro atoms. The molecule has 1 aromatic heterocycles. The minimum atomic E-state index is -0.217. The van der Waals surface area contributed by atoms with Crippen LogP contribution in [-0.2, 0) is 4.79 Å². The average molecular weight is 316 g/mol. The second kappa shape index (κ2) is 7.88. The second-order valence-electron chi connectivity index (χ2n) is 6.01. The van der Waals surface area contributed by atoms with Crippen LogP contribution in [0, 0.1) is 17.2 Å². The van der Waals surface area contributed by atoms with Crippen molar-refractivity contribution in [2.75, 3.05) is 44.7 Å². The van der Waals surface area contributed by atoms with Gasteiger partial charge in [0, 0.05) is 45.1 Å². The summed E-state index contributed by atoms with van der Waals surface area (Å²) in [5.74, 6) is 0.751.